The summed E-state index contributed by atoms with van der Waals surface area (Å²) in [6, 6.07) is 12.5. The van der Waals surface area contributed by atoms with Crippen molar-refractivity contribution < 1.29 is 9.18 Å². The van der Waals surface area contributed by atoms with E-state index in [2.05, 4.69) is 5.32 Å². The molecule has 0 aliphatic heterocycles. The molecule has 0 aliphatic carbocycles. The quantitative estimate of drug-likeness (QED) is 0.910. The van der Waals surface area contributed by atoms with E-state index >= 15 is 0 Å². The Balaban J connectivity index is 2.01. The number of hydrogen-bond donors (Lipinski definition) is 2. The summed E-state index contributed by atoms with van der Waals surface area (Å²) < 4.78 is 12.9. The van der Waals surface area contributed by atoms with Crippen molar-refractivity contribution in [3.05, 3.63) is 64.9 Å². The van der Waals surface area contributed by atoms with Crippen LogP contribution in [0.3, 0.4) is 0 Å². The molecule has 0 fully saturated rings. The molecule has 20 heavy (non-hydrogen) atoms. The van der Waals surface area contributed by atoms with E-state index in [0.29, 0.717) is 12.1 Å². The zero-order chi connectivity index (χ0) is 14.5. The summed E-state index contributed by atoms with van der Waals surface area (Å²) in [5.41, 5.74) is 7.17. The maximum Gasteiger partial charge on any atom is 0.241 e. The fraction of sp³-hybridized carbons (Fsp3) is 0.133. The standard InChI is InChI=1S/C15H14ClFN2O/c16-12-9-11(17)6-7-14(12)19-15(20)13(18)8-10-4-2-1-3-5-10/h1-7,9,13H,8,18H2,(H,19,20)/t13-/m0/s1. The second-order valence-corrected chi connectivity index (χ2v) is 4.82. The minimum atomic E-state index is -0.696. The molecule has 0 bridgehead atoms. The monoisotopic (exact) mass is 292 g/mol. The van der Waals surface area contributed by atoms with Crippen molar-refractivity contribution in [2.75, 3.05) is 5.32 Å². The maximum absolute atomic E-state index is 12.9. The second kappa shape index (κ2) is 6.50. The molecule has 0 unspecified atom stereocenters. The van der Waals surface area contributed by atoms with E-state index in [9.17, 15) is 9.18 Å². The number of carbonyl (C=O) groups excluding carboxylic acids is 1. The van der Waals surface area contributed by atoms with Crippen molar-refractivity contribution >= 4 is 23.2 Å². The third-order valence-corrected chi connectivity index (χ3v) is 3.14. The number of rotatable bonds is 4. The Hall–Kier alpha value is -1.91. The molecule has 0 saturated carbocycles. The molecule has 0 heterocycles. The number of carbonyl (C=O) groups is 1. The number of anilines is 1. The highest BCUT2D eigenvalue weighted by atomic mass is 35.5. The van der Waals surface area contributed by atoms with Crippen molar-refractivity contribution in [2.45, 2.75) is 12.5 Å². The molecule has 0 spiro atoms. The van der Waals surface area contributed by atoms with Gasteiger partial charge in [0, 0.05) is 0 Å². The lowest BCUT2D eigenvalue weighted by atomic mass is 10.1. The Bertz CT molecular complexity index is 604. The van der Waals surface area contributed by atoms with E-state index < -0.39 is 11.9 Å². The van der Waals surface area contributed by atoms with Gasteiger partial charge in [-0.05, 0) is 30.2 Å². The highest BCUT2D eigenvalue weighted by Crippen LogP contribution is 2.22. The van der Waals surface area contributed by atoms with Gasteiger partial charge in [-0.3, -0.25) is 4.79 Å². The summed E-state index contributed by atoms with van der Waals surface area (Å²) in [5.74, 6) is -0.816. The zero-order valence-electron chi connectivity index (χ0n) is 10.6. The van der Waals surface area contributed by atoms with Gasteiger partial charge >= 0.3 is 0 Å². The van der Waals surface area contributed by atoms with Crippen LogP contribution in [-0.4, -0.2) is 11.9 Å². The van der Waals surface area contributed by atoms with Gasteiger partial charge in [0.1, 0.15) is 5.82 Å². The van der Waals surface area contributed by atoms with Crippen LogP contribution in [0.25, 0.3) is 0 Å². The van der Waals surface area contributed by atoms with Crippen molar-refractivity contribution in [1.82, 2.24) is 0 Å². The SMILES string of the molecule is N[C@@H](Cc1ccccc1)C(=O)Nc1ccc(F)cc1Cl. The van der Waals surface area contributed by atoms with Crippen molar-refractivity contribution in [2.24, 2.45) is 5.73 Å². The summed E-state index contributed by atoms with van der Waals surface area (Å²) in [6.45, 7) is 0. The first-order chi connectivity index (χ1) is 9.56. The average Bonchev–Trinajstić information content (AvgIpc) is 2.43. The van der Waals surface area contributed by atoms with Crippen molar-refractivity contribution in [3.8, 4) is 0 Å². The molecule has 2 aromatic carbocycles. The van der Waals surface area contributed by atoms with Crippen LogP contribution < -0.4 is 11.1 Å². The maximum atomic E-state index is 12.9. The van der Waals surface area contributed by atoms with Crippen LogP contribution in [0.4, 0.5) is 10.1 Å². The van der Waals surface area contributed by atoms with Gasteiger partial charge in [-0.25, -0.2) is 4.39 Å². The van der Waals surface area contributed by atoms with Gasteiger partial charge in [0.2, 0.25) is 5.91 Å². The number of nitrogens with one attached hydrogen (secondary N) is 1. The first-order valence-electron chi connectivity index (χ1n) is 6.11. The number of amides is 1. The van der Waals surface area contributed by atoms with E-state index in [0.717, 1.165) is 11.6 Å². The number of nitrogens with two attached hydrogens (primary N) is 1. The molecular weight excluding hydrogens is 279 g/mol. The van der Waals surface area contributed by atoms with Crippen LogP contribution in [0.2, 0.25) is 5.02 Å². The minimum Gasteiger partial charge on any atom is -0.323 e. The number of hydrogen-bond acceptors (Lipinski definition) is 2. The van der Waals surface area contributed by atoms with Crippen molar-refractivity contribution in [1.29, 1.82) is 0 Å². The number of benzene rings is 2. The summed E-state index contributed by atoms with van der Waals surface area (Å²) in [6.07, 6.45) is 0.422. The molecule has 0 aliphatic rings. The second-order valence-electron chi connectivity index (χ2n) is 4.41. The lowest BCUT2D eigenvalue weighted by Crippen LogP contribution is -2.37. The Labute approximate surface area is 121 Å². The molecule has 0 radical (unpaired) electrons. The predicted molar refractivity (Wildman–Crippen MR) is 78.2 cm³/mol. The topological polar surface area (TPSA) is 55.1 Å². The highest BCUT2D eigenvalue weighted by molar-refractivity contribution is 6.33. The van der Waals surface area contributed by atoms with Gasteiger partial charge in [-0.2, -0.15) is 0 Å². The van der Waals surface area contributed by atoms with Gasteiger partial charge in [-0.15, -0.1) is 0 Å². The molecule has 1 amide bonds. The molecule has 104 valence electrons. The van der Waals surface area contributed by atoms with Crippen LogP contribution in [0.15, 0.2) is 48.5 Å². The van der Waals surface area contributed by atoms with Gasteiger partial charge < -0.3 is 11.1 Å². The Morgan fingerprint density at radius 2 is 1.95 bits per heavy atom. The smallest absolute Gasteiger partial charge is 0.241 e. The normalized spacial score (nSPS) is 11.9. The number of halogens is 2. The largest absolute Gasteiger partial charge is 0.323 e. The fourth-order valence-electron chi connectivity index (χ4n) is 1.78. The third kappa shape index (κ3) is 3.79. The molecule has 2 aromatic rings. The fourth-order valence-corrected chi connectivity index (χ4v) is 1.99. The summed E-state index contributed by atoms with van der Waals surface area (Å²) in [7, 11) is 0. The molecular formula is C15H14ClFN2O. The molecule has 3 nitrogen and oxygen atoms in total. The van der Waals surface area contributed by atoms with E-state index in [1.165, 1.54) is 12.1 Å². The first-order valence-corrected chi connectivity index (χ1v) is 6.49. The van der Waals surface area contributed by atoms with E-state index in [1.807, 2.05) is 30.3 Å². The highest BCUT2D eigenvalue weighted by Gasteiger charge is 2.15. The lowest BCUT2D eigenvalue weighted by molar-refractivity contribution is -0.117. The van der Waals surface area contributed by atoms with Gasteiger partial charge in [0.05, 0.1) is 16.8 Å². The molecule has 1 atom stereocenters. The zero-order valence-corrected chi connectivity index (χ0v) is 11.4. The van der Waals surface area contributed by atoms with Gasteiger partial charge in [0.15, 0.2) is 0 Å². The predicted octanol–water partition coefficient (Wildman–Crippen LogP) is 2.99. The summed E-state index contributed by atoms with van der Waals surface area (Å²) in [5, 5.41) is 2.74. The van der Waals surface area contributed by atoms with Crippen molar-refractivity contribution in [3.63, 3.8) is 0 Å². The Morgan fingerprint density at radius 1 is 1.25 bits per heavy atom. The van der Waals surface area contributed by atoms with Gasteiger partial charge in [0.25, 0.3) is 0 Å². The Kier molecular flexibility index (Phi) is 4.71. The average molecular weight is 293 g/mol. The van der Waals surface area contributed by atoms with Crippen LogP contribution in [0, 0.1) is 5.82 Å². The minimum absolute atomic E-state index is 0.144. The molecule has 0 aromatic heterocycles. The van der Waals surface area contributed by atoms with Crippen LogP contribution >= 0.6 is 11.6 Å². The summed E-state index contributed by atoms with van der Waals surface area (Å²) >= 11 is 5.84. The first kappa shape index (κ1) is 14.5. The van der Waals surface area contributed by atoms with Gasteiger partial charge in [-0.1, -0.05) is 41.9 Å². The molecule has 3 N–H and O–H groups in total. The van der Waals surface area contributed by atoms with Crippen LogP contribution in [0.5, 0.6) is 0 Å². The van der Waals surface area contributed by atoms with E-state index in [4.69, 9.17) is 17.3 Å². The van der Waals surface area contributed by atoms with Crippen LogP contribution in [-0.2, 0) is 11.2 Å². The van der Waals surface area contributed by atoms with E-state index in [1.54, 1.807) is 0 Å². The Morgan fingerprint density at radius 3 is 2.60 bits per heavy atom. The summed E-state index contributed by atoms with van der Waals surface area (Å²) in [4.78, 5) is 12.0. The van der Waals surface area contributed by atoms with E-state index in [-0.39, 0.29) is 10.9 Å². The third-order valence-electron chi connectivity index (χ3n) is 2.82. The van der Waals surface area contributed by atoms with Crippen LogP contribution in [0.1, 0.15) is 5.56 Å². The molecule has 0 saturated heterocycles. The molecule has 2 rings (SSSR count). The lowest BCUT2D eigenvalue weighted by Gasteiger charge is -2.13. The molecule has 5 heteroatoms.